The molecule has 2 heterocycles. The van der Waals surface area contributed by atoms with Gasteiger partial charge in [-0.2, -0.15) is 5.10 Å². The molecule has 5 heteroatoms. The summed E-state index contributed by atoms with van der Waals surface area (Å²) in [4.78, 5) is 12.0. The molecule has 0 spiro atoms. The Morgan fingerprint density at radius 2 is 2.00 bits per heavy atom. The Kier molecular flexibility index (Phi) is 6.01. The molecule has 1 fully saturated rings. The van der Waals surface area contributed by atoms with Crippen molar-refractivity contribution in [1.29, 1.82) is 0 Å². The predicted molar refractivity (Wildman–Crippen MR) is 95.1 cm³/mol. The molecule has 1 aliphatic heterocycles. The lowest BCUT2D eigenvalue weighted by molar-refractivity contribution is -0.121. The molecule has 1 saturated heterocycles. The number of hydrogen-bond acceptors (Lipinski definition) is 3. The van der Waals surface area contributed by atoms with E-state index in [-0.39, 0.29) is 5.91 Å². The number of piperidine rings is 1. The summed E-state index contributed by atoms with van der Waals surface area (Å²) in [7, 11) is 0. The molecule has 1 aromatic heterocycles. The Hall–Kier alpha value is -2.14. The fourth-order valence-corrected chi connectivity index (χ4v) is 3.14. The molecular formula is C19H26N4O. The topological polar surface area (TPSA) is 59.0 Å². The Bertz CT molecular complexity index is 632. The summed E-state index contributed by atoms with van der Waals surface area (Å²) >= 11 is 0. The van der Waals surface area contributed by atoms with Gasteiger partial charge in [0.05, 0.1) is 11.4 Å². The quantitative estimate of drug-likeness (QED) is 0.821. The maximum Gasteiger partial charge on any atom is 0.220 e. The highest BCUT2D eigenvalue weighted by molar-refractivity contribution is 5.75. The summed E-state index contributed by atoms with van der Waals surface area (Å²) in [5.41, 5.74) is 2.05. The van der Waals surface area contributed by atoms with Gasteiger partial charge in [-0.3, -0.25) is 4.79 Å². The van der Waals surface area contributed by atoms with Crippen LogP contribution in [0.25, 0.3) is 5.69 Å². The van der Waals surface area contributed by atoms with Crippen LogP contribution in [0.2, 0.25) is 0 Å². The number of hydrogen-bond donors (Lipinski definition) is 2. The van der Waals surface area contributed by atoms with Crippen LogP contribution in [0.4, 0.5) is 0 Å². The minimum atomic E-state index is 0.163. The van der Waals surface area contributed by atoms with Crippen molar-refractivity contribution in [2.45, 2.75) is 32.1 Å². The normalized spacial score (nSPS) is 15.3. The van der Waals surface area contributed by atoms with Crippen LogP contribution < -0.4 is 10.6 Å². The van der Waals surface area contributed by atoms with Gasteiger partial charge in [0.1, 0.15) is 0 Å². The second-order valence-electron chi connectivity index (χ2n) is 6.42. The lowest BCUT2D eigenvalue weighted by Gasteiger charge is -2.22. The molecule has 5 nitrogen and oxygen atoms in total. The summed E-state index contributed by atoms with van der Waals surface area (Å²) in [6.45, 7) is 2.84. The molecule has 0 saturated carbocycles. The zero-order chi connectivity index (χ0) is 16.6. The number of carbonyl (C=O) groups excluding carboxylic acids is 1. The molecule has 2 aromatic rings. The van der Waals surface area contributed by atoms with E-state index in [0.29, 0.717) is 18.9 Å². The molecule has 1 aromatic carbocycles. The molecule has 24 heavy (non-hydrogen) atoms. The highest BCUT2D eigenvalue weighted by Crippen LogP contribution is 2.17. The molecule has 0 unspecified atom stereocenters. The first-order chi connectivity index (χ1) is 11.8. The van der Waals surface area contributed by atoms with Gasteiger partial charge >= 0.3 is 0 Å². The first kappa shape index (κ1) is 16.7. The number of rotatable bonds is 7. The molecule has 2 N–H and O–H groups in total. The fourth-order valence-electron chi connectivity index (χ4n) is 3.14. The highest BCUT2D eigenvalue weighted by Gasteiger charge is 2.14. The summed E-state index contributed by atoms with van der Waals surface area (Å²) in [6.07, 6.45) is 6.77. The number of nitrogens with one attached hydrogen (secondary N) is 2. The predicted octanol–water partition coefficient (Wildman–Crippen LogP) is 2.31. The van der Waals surface area contributed by atoms with Gasteiger partial charge in [0.25, 0.3) is 0 Å². The average molecular weight is 326 g/mol. The van der Waals surface area contributed by atoms with E-state index in [4.69, 9.17) is 0 Å². The maximum atomic E-state index is 12.0. The smallest absolute Gasteiger partial charge is 0.220 e. The van der Waals surface area contributed by atoms with E-state index in [1.54, 1.807) is 0 Å². The van der Waals surface area contributed by atoms with Crippen molar-refractivity contribution in [2.24, 2.45) is 5.92 Å². The Balaban J connectivity index is 1.37. The second kappa shape index (κ2) is 8.64. The van der Waals surface area contributed by atoms with E-state index in [9.17, 15) is 4.79 Å². The number of amides is 1. The van der Waals surface area contributed by atoms with Gasteiger partial charge in [-0.05, 0) is 56.5 Å². The minimum Gasteiger partial charge on any atom is -0.356 e. The van der Waals surface area contributed by atoms with Crippen LogP contribution in [0.1, 0.15) is 31.4 Å². The Labute approximate surface area is 143 Å². The van der Waals surface area contributed by atoms with E-state index < -0.39 is 0 Å². The summed E-state index contributed by atoms with van der Waals surface area (Å²) in [6, 6.07) is 12.1. The third kappa shape index (κ3) is 4.93. The largest absolute Gasteiger partial charge is 0.356 e. The zero-order valence-electron chi connectivity index (χ0n) is 14.1. The molecule has 0 aliphatic carbocycles. The molecule has 0 radical (unpaired) electrons. The number of nitrogens with zero attached hydrogens (tertiary/aromatic N) is 2. The fraction of sp³-hybridized carbons (Fsp3) is 0.474. The summed E-state index contributed by atoms with van der Waals surface area (Å²) < 4.78 is 1.87. The van der Waals surface area contributed by atoms with Crippen LogP contribution >= 0.6 is 0 Å². The average Bonchev–Trinajstić information content (AvgIpc) is 3.11. The number of benzene rings is 1. The first-order valence-corrected chi connectivity index (χ1v) is 8.88. The summed E-state index contributed by atoms with van der Waals surface area (Å²) in [5, 5.41) is 10.9. The first-order valence-electron chi connectivity index (χ1n) is 8.88. The van der Waals surface area contributed by atoms with Crippen LogP contribution in [0.5, 0.6) is 0 Å². The Morgan fingerprint density at radius 1 is 1.21 bits per heavy atom. The van der Waals surface area contributed by atoms with Gasteiger partial charge < -0.3 is 10.6 Å². The van der Waals surface area contributed by atoms with E-state index >= 15 is 0 Å². The van der Waals surface area contributed by atoms with Gasteiger partial charge in [0.2, 0.25) is 5.91 Å². The van der Waals surface area contributed by atoms with Crippen molar-refractivity contribution in [3.63, 3.8) is 0 Å². The van der Waals surface area contributed by atoms with Crippen molar-refractivity contribution in [1.82, 2.24) is 20.4 Å². The van der Waals surface area contributed by atoms with E-state index in [1.165, 1.54) is 12.8 Å². The van der Waals surface area contributed by atoms with E-state index in [0.717, 1.165) is 37.3 Å². The number of para-hydroxylation sites is 1. The number of aromatic nitrogens is 2. The van der Waals surface area contributed by atoms with Gasteiger partial charge in [-0.1, -0.05) is 18.2 Å². The lowest BCUT2D eigenvalue weighted by atomic mass is 9.93. The zero-order valence-corrected chi connectivity index (χ0v) is 14.1. The molecule has 128 valence electrons. The third-order valence-corrected chi connectivity index (χ3v) is 4.61. The van der Waals surface area contributed by atoms with E-state index in [1.807, 2.05) is 47.3 Å². The SMILES string of the molecule is O=C(CCC1CCNCC1)NCCc1ccn(-c2ccccc2)n1. The van der Waals surface area contributed by atoms with Crippen molar-refractivity contribution < 1.29 is 4.79 Å². The molecular weight excluding hydrogens is 300 g/mol. The molecule has 3 rings (SSSR count). The molecule has 1 amide bonds. The third-order valence-electron chi connectivity index (χ3n) is 4.61. The molecule has 0 atom stereocenters. The Morgan fingerprint density at radius 3 is 2.79 bits per heavy atom. The van der Waals surface area contributed by atoms with Gasteiger partial charge in [0, 0.05) is 25.6 Å². The van der Waals surface area contributed by atoms with Crippen molar-refractivity contribution >= 4 is 5.91 Å². The van der Waals surface area contributed by atoms with Crippen molar-refractivity contribution in [2.75, 3.05) is 19.6 Å². The van der Waals surface area contributed by atoms with Crippen LogP contribution in [0.3, 0.4) is 0 Å². The van der Waals surface area contributed by atoms with Crippen LogP contribution in [-0.2, 0) is 11.2 Å². The van der Waals surface area contributed by atoms with Crippen molar-refractivity contribution in [3.05, 3.63) is 48.3 Å². The van der Waals surface area contributed by atoms with Crippen molar-refractivity contribution in [3.8, 4) is 5.69 Å². The second-order valence-corrected chi connectivity index (χ2v) is 6.42. The van der Waals surface area contributed by atoms with Gasteiger partial charge in [-0.25, -0.2) is 4.68 Å². The standard InChI is InChI=1S/C19H26N4O/c24-19(7-6-16-8-12-20-13-9-16)21-14-10-17-11-15-23(22-17)18-4-2-1-3-5-18/h1-5,11,15-16,20H,6-10,12-14H2,(H,21,24). The summed E-state index contributed by atoms with van der Waals surface area (Å²) in [5.74, 6) is 0.870. The monoisotopic (exact) mass is 326 g/mol. The van der Waals surface area contributed by atoms with Crippen LogP contribution in [-0.4, -0.2) is 35.3 Å². The highest BCUT2D eigenvalue weighted by atomic mass is 16.1. The maximum absolute atomic E-state index is 12.0. The van der Waals surface area contributed by atoms with Crippen LogP contribution in [0.15, 0.2) is 42.6 Å². The van der Waals surface area contributed by atoms with Crippen LogP contribution in [0, 0.1) is 5.92 Å². The molecule has 0 bridgehead atoms. The van der Waals surface area contributed by atoms with Gasteiger partial charge in [-0.15, -0.1) is 0 Å². The lowest BCUT2D eigenvalue weighted by Crippen LogP contribution is -2.30. The van der Waals surface area contributed by atoms with Gasteiger partial charge in [0.15, 0.2) is 0 Å². The van der Waals surface area contributed by atoms with E-state index in [2.05, 4.69) is 15.7 Å². The minimum absolute atomic E-state index is 0.163. The molecule has 1 aliphatic rings. The number of carbonyl (C=O) groups is 1.